The van der Waals surface area contributed by atoms with Gasteiger partial charge in [0.15, 0.2) is 0 Å². The van der Waals surface area contributed by atoms with E-state index in [-0.39, 0.29) is 12.2 Å². The predicted octanol–water partition coefficient (Wildman–Crippen LogP) is 4.91. The van der Waals surface area contributed by atoms with Crippen LogP contribution < -0.4 is 10.1 Å². The molecule has 3 aromatic carbocycles. The number of ether oxygens (including phenoxy) is 2. The lowest BCUT2D eigenvalue weighted by molar-refractivity contribution is -0.112. The van der Waals surface area contributed by atoms with E-state index in [0.717, 1.165) is 11.1 Å². The van der Waals surface area contributed by atoms with Crippen LogP contribution in [0.1, 0.15) is 27.0 Å². The number of methoxy groups -OCH3 is 1. The number of nitrogens with one attached hydrogen (secondary N) is 1. The molecule has 0 aliphatic rings. The highest BCUT2D eigenvalue weighted by Crippen LogP contribution is 2.23. The van der Waals surface area contributed by atoms with Crippen molar-refractivity contribution in [2.75, 3.05) is 12.4 Å². The number of nitrogens with zero attached hydrogens (tertiary/aromatic N) is 1. The number of anilines is 1. The maximum Gasteiger partial charge on any atom is 0.337 e. The number of nitriles is 1. The van der Waals surface area contributed by atoms with Gasteiger partial charge < -0.3 is 14.8 Å². The highest BCUT2D eigenvalue weighted by molar-refractivity contribution is 6.10. The number of para-hydroxylation sites is 2. The quantitative estimate of drug-likeness (QED) is 0.330. The van der Waals surface area contributed by atoms with E-state index in [4.69, 9.17) is 9.47 Å². The van der Waals surface area contributed by atoms with Crippen LogP contribution in [-0.4, -0.2) is 19.0 Å². The lowest BCUT2D eigenvalue weighted by atomic mass is 10.1. The molecular weight excluding hydrogens is 404 g/mol. The van der Waals surface area contributed by atoms with Crippen LogP contribution in [0.25, 0.3) is 6.08 Å². The third-order valence-electron chi connectivity index (χ3n) is 4.75. The Morgan fingerprint density at radius 2 is 1.69 bits per heavy atom. The van der Waals surface area contributed by atoms with Gasteiger partial charge in [0, 0.05) is 11.3 Å². The SMILES string of the molecule is COC(=O)c1ccc(COc2ccccc2C=C(C#N)C(=O)Nc2ccccc2C)cc1. The summed E-state index contributed by atoms with van der Waals surface area (Å²) in [5, 5.41) is 12.3. The first kappa shape index (κ1) is 22.3. The monoisotopic (exact) mass is 426 g/mol. The second-order valence-electron chi connectivity index (χ2n) is 6.95. The van der Waals surface area contributed by atoms with Crippen molar-refractivity contribution in [3.63, 3.8) is 0 Å². The van der Waals surface area contributed by atoms with Crippen molar-refractivity contribution >= 4 is 23.6 Å². The summed E-state index contributed by atoms with van der Waals surface area (Å²) in [5.74, 6) is -0.364. The van der Waals surface area contributed by atoms with Crippen molar-refractivity contribution in [3.05, 3.63) is 101 Å². The molecule has 1 N–H and O–H groups in total. The Morgan fingerprint density at radius 3 is 2.38 bits per heavy atom. The van der Waals surface area contributed by atoms with E-state index in [2.05, 4.69) is 5.32 Å². The molecule has 0 bridgehead atoms. The van der Waals surface area contributed by atoms with Crippen LogP contribution in [0.15, 0.2) is 78.4 Å². The molecule has 0 aromatic heterocycles. The van der Waals surface area contributed by atoms with E-state index < -0.39 is 11.9 Å². The maximum atomic E-state index is 12.6. The molecule has 160 valence electrons. The Hall–Kier alpha value is -4.37. The summed E-state index contributed by atoms with van der Waals surface area (Å²) in [7, 11) is 1.33. The van der Waals surface area contributed by atoms with Gasteiger partial charge in [-0.3, -0.25) is 4.79 Å². The number of carbonyl (C=O) groups excluding carboxylic acids is 2. The van der Waals surface area contributed by atoms with Gasteiger partial charge in [0.25, 0.3) is 5.91 Å². The number of amides is 1. The van der Waals surface area contributed by atoms with Gasteiger partial charge >= 0.3 is 5.97 Å². The van der Waals surface area contributed by atoms with Gasteiger partial charge in [-0.05, 0) is 48.4 Å². The summed E-state index contributed by atoms with van der Waals surface area (Å²) >= 11 is 0. The third-order valence-corrected chi connectivity index (χ3v) is 4.75. The maximum absolute atomic E-state index is 12.6. The van der Waals surface area contributed by atoms with E-state index in [1.54, 1.807) is 48.5 Å². The van der Waals surface area contributed by atoms with E-state index in [1.807, 2.05) is 37.3 Å². The molecule has 0 aliphatic heterocycles. The topological polar surface area (TPSA) is 88.4 Å². The molecular formula is C26H22N2O4. The highest BCUT2D eigenvalue weighted by atomic mass is 16.5. The van der Waals surface area contributed by atoms with Crippen LogP contribution in [-0.2, 0) is 16.1 Å². The van der Waals surface area contributed by atoms with E-state index in [0.29, 0.717) is 22.6 Å². The van der Waals surface area contributed by atoms with Crippen molar-refractivity contribution < 1.29 is 19.1 Å². The number of hydrogen-bond donors (Lipinski definition) is 1. The molecule has 0 radical (unpaired) electrons. The van der Waals surface area contributed by atoms with Crippen LogP contribution >= 0.6 is 0 Å². The number of carbonyl (C=O) groups is 2. The fourth-order valence-corrected chi connectivity index (χ4v) is 2.95. The standard InChI is InChI=1S/C26H22N2O4/c1-18-7-3-5-9-23(18)28-25(29)22(16-27)15-21-8-4-6-10-24(21)32-17-19-11-13-20(14-12-19)26(30)31-2/h3-15H,17H2,1-2H3,(H,28,29). The minimum atomic E-state index is -0.491. The van der Waals surface area contributed by atoms with Gasteiger partial charge in [0.05, 0.1) is 12.7 Å². The Morgan fingerprint density at radius 1 is 1.00 bits per heavy atom. The Balaban J connectivity index is 1.75. The summed E-state index contributed by atoms with van der Waals surface area (Å²) in [4.78, 5) is 24.2. The van der Waals surface area contributed by atoms with Crippen molar-refractivity contribution in [2.45, 2.75) is 13.5 Å². The number of benzene rings is 3. The first-order valence-corrected chi connectivity index (χ1v) is 9.89. The molecule has 3 aromatic rings. The minimum absolute atomic E-state index is 0.0354. The van der Waals surface area contributed by atoms with Crippen LogP contribution in [0.3, 0.4) is 0 Å². The fraction of sp³-hybridized carbons (Fsp3) is 0.115. The largest absolute Gasteiger partial charge is 0.488 e. The van der Waals surface area contributed by atoms with E-state index in [9.17, 15) is 14.9 Å². The van der Waals surface area contributed by atoms with Gasteiger partial charge in [0.1, 0.15) is 24.0 Å². The predicted molar refractivity (Wildman–Crippen MR) is 122 cm³/mol. The molecule has 0 saturated heterocycles. The van der Waals surface area contributed by atoms with Crippen molar-refractivity contribution in [3.8, 4) is 11.8 Å². The minimum Gasteiger partial charge on any atom is -0.488 e. The van der Waals surface area contributed by atoms with Crippen molar-refractivity contribution in [1.29, 1.82) is 5.26 Å². The molecule has 6 nitrogen and oxygen atoms in total. The van der Waals surface area contributed by atoms with Crippen molar-refractivity contribution in [2.24, 2.45) is 0 Å². The molecule has 0 heterocycles. The molecule has 0 spiro atoms. The molecule has 6 heteroatoms. The second-order valence-corrected chi connectivity index (χ2v) is 6.95. The van der Waals surface area contributed by atoms with Gasteiger partial charge in [0.2, 0.25) is 0 Å². The number of aryl methyl sites for hydroxylation is 1. The average Bonchev–Trinajstić information content (AvgIpc) is 2.83. The zero-order chi connectivity index (χ0) is 22.9. The lowest BCUT2D eigenvalue weighted by Gasteiger charge is -2.11. The van der Waals surface area contributed by atoms with Gasteiger partial charge in [-0.2, -0.15) is 5.26 Å². The number of esters is 1. The molecule has 32 heavy (non-hydrogen) atoms. The molecule has 0 aliphatic carbocycles. The van der Waals surface area contributed by atoms with Gasteiger partial charge in [-0.1, -0.05) is 48.5 Å². The lowest BCUT2D eigenvalue weighted by Crippen LogP contribution is -2.14. The first-order valence-electron chi connectivity index (χ1n) is 9.89. The third kappa shape index (κ3) is 5.61. The molecule has 0 unspecified atom stereocenters. The first-order chi connectivity index (χ1) is 15.5. The van der Waals surface area contributed by atoms with Gasteiger partial charge in [-0.25, -0.2) is 4.79 Å². The normalized spacial score (nSPS) is 10.7. The fourth-order valence-electron chi connectivity index (χ4n) is 2.95. The molecule has 1 amide bonds. The summed E-state index contributed by atoms with van der Waals surface area (Å²) in [6.07, 6.45) is 1.50. The summed E-state index contributed by atoms with van der Waals surface area (Å²) in [6.45, 7) is 2.13. The summed E-state index contributed by atoms with van der Waals surface area (Å²) < 4.78 is 10.6. The smallest absolute Gasteiger partial charge is 0.337 e. The molecule has 0 fully saturated rings. The summed E-state index contributed by atoms with van der Waals surface area (Å²) in [5.41, 5.74) is 3.44. The van der Waals surface area contributed by atoms with Crippen molar-refractivity contribution in [1.82, 2.24) is 0 Å². The van der Waals surface area contributed by atoms with Crippen LogP contribution in [0, 0.1) is 18.3 Å². The Labute approximate surface area is 186 Å². The Bertz CT molecular complexity index is 1190. The zero-order valence-electron chi connectivity index (χ0n) is 17.8. The summed E-state index contributed by atoms with van der Waals surface area (Å²) in [6, 6.07) is 23.4. The van der Waals surface area contributed by atoms with Crippen LogP contribution in [0.5, 0.6) is 5.75 Å². The second kappa shape index (κ2) is 10.6. The van der Waals surface area contributed by atoms with E-state index in [1.165, 1.54) is 13.2 Å². The molecule has 0 saturated carbocycles. The highest BCUT2D eigenvalue weighted by Gasteiger charge is 2.12. The number of rotatable bonds is 7. The van der Waals surface area contributed by atoms with E-state index >= 15 is 0 Å². The molecule has 3 rings (SSSR count). The Kier molecular flexibility index (Phi) is 7.39. The molecule has 0 atom stereocenters. The van der Waals surface area contributed by atoms with Gasteiger partial charge in [-0.15, -0.1) is 0 Å². The number of hydrogen-bond acceptors (Lipinski definition) is 5. The van der Waals surface area contributed by atoms with Crippen LogP contribution in [0.4, 0.5) is 5.69 Å². The van der Waals surface area contributed by atoms with Crippen LogP contribution in [0.2, 0.25) is 0 Å². The zero-order valence-corrected chi connectivity index (χ0v) is 17.8. The average molecular weight is 426 g/mol.